The monoisotopic (exact) mass is 348 g/mol. The van der Waals surface area contributed by atoms with Gasteiger partial charge in [-0.1, -0.05) is 0 Å². The van der Waals surface area contributed by atoms with E-state index in [-0.39, 0.29) is 17.3 Å². The lowest BCUT2D eigenvalue weighted by molar-refractivity contribution is 0.00578. The second-order valence-electron chi connectivity index (χ2n) is 7.95. The maximum absolute atomic E-state index is 6.17. The molecular formula is C18H29BN2O4. The van der Waals surface area contributed by atoms with Crippen LogP contribution in [-0.2, 0) is 14.0 Å². The molecule has 7 heteroatoms. The molecule has 0 saturated carbocycles. The minimum atomic E-state index is -0.426. The Morgan fingerprint density at radius 2 is 1.72 bits per heavy atom. The summed E-state index contributed by atoms with van der Waals surface area (Å²) in [6.07, 6.45) is 1.86. The molecule has 2 aliphatic rings. The normalized spacial score (nSPS) is 22.5. The van der Waals surface area contributed by atoms with Gasteiger partial charge in [-0.3, -0.25) is 0 Å². The third kappa shape index (κ3) is 3.78. The van der Waals surface area contributed by atoms with Crippen molar-refractivity contribution in [3.8, 4) is 5.88 Å². The number of pyridine rings is 1. The van der Waals surface area contributed by atoms with Crippen LogP contribution in [-0.4, -0.2) is 55.7 Å². The Balaban J connectivity index is 1.91. The molecule has 0 atom stereocenters. The smallest absolute Gasteiger partial charge is 0.473 e. The third-order valence-corrected chi connectivity index (χ3v) is 5.08. The van der Waals surface area contributed by atoms with Crippen molar-refractivity contribution in [3.05, 3.63) is 12.3 Å². The Morgan fingerprint density at radius 3 is 2.28 bits per heavy atom. The predicted molar refractivity (Wildman–Crippen MR) is 98.7 cm³/mol. The topological polar surface area (TPSA) is 53.0 Å². The lowest BCUT2D eigenvalue weighted by atomic mass is 9.80. The maximum atomic E-state index is 6.17. The van der Waals surface area contributed by atoms with Crippen molar-refractivity contribution < 1.29 is 18.8 Å². The summed E-state index contributed by atoms with van der Waals surface area (Å²) in [6.45, 7) is 15.3. The van der Waals surface area contributed by atoms with Gasteiger partial charge in [-0.05, 0) is 47.6 Å². The van der Waals surface area contributed by atoms with E-state index >= 15 is 0 Å². The second kappa shape index (κ2) is 6.78. The highest BCUT2D eigenvalue weighted by Gasteiger charge is 2.52. The fourth-order valence-electron chi connectivity index (χ4n) is 2.91. The Hall–Kier alpha value is -1.31. The van der Waals surface area contributed by atoms with Gasteiger partial charge < -0.3 is 23.7 Å². The highest BCUT2D eigenvalue weighted by molar-refractivity contribution is 6.62. The Morgan fingerprint density at radius 1 is 1.12 bits per heavy atom. The molecule has 2 aliphatic heterocycles. The Bertz CT molecular complexity index is 599. The molecule has 2 saturated heterocycles. The number of aromatic nitrogens is 1. The molecule has 0 aromatic carbocycles. The first-order chi connectivity index (χ1) is 11.7. The largest absolute Gasteiger partial charge is 0.496 e. The number of hydrogen-bond acceptors (Lipinski definition) is 6. The summed E-state index contributed by atoms with van der Waals surface area (Å²) in [6, 6.07) is 2.08. The molecule has 25 heavy (non-hydrogen) atoms. The van der Waals surface area contributed by atoms with Crippen LogP contribution in [0, 0.1) is 0 Å². The van der Waals surface area contributed by atoms with Gasteiger partial charge in [0, 0.05) is 24.7 Å². The van der Waals surface area contributed by atoms with Crippen molar-refractivity contribution >= 4 is 18.3 Å². The lowest BCUT2D eigenvalue weighted by Crippen LogP contribution is -2.41. The van der Waals surface area contributed by atoms with Gasteiger partial charge in [-0.2, -0.15) is 0 Å². The Labute approximate surface area is 150 Å². The molecule has 6 nitrogen and oxygen atoms in total. The van der Waals surface area contributed by atoms with Crippen LogP contribution in [0.1, 0.15) is 41.5 Å². The van der Waals surface area contributed by atoms with Gasteiger partial charge in [0.05, 0.1) is 36.2 Å². The van der Waals surface area contributed by atoms with E-state index < -0.39 is 7.12 Å². The molecule has 0 N–H and O–H groups in total. The molecule has 0 unspecified atom stereocenters. The zero-order valence-corrected chi connectivity index (χ0v) is 16.2. The first-order valence-corrected chi connectivity index (χ1v) is 9.04. The maximum Gasteiger partial charge on any atom is 0.496 e. The number of morpholine rings is 1. The summed E-state index contributed by atoms with van der Waals surface area (Å²) in [4.78, 5) is 6.82. The van der Waals surface area contributed by atoms with E-state index in [4.69, 9.17) is 18.8 Å². The molecule has 3 heterocycles. The molecule has 0 amide bonds. The van der Waals surface area contributed by atoms with Crippen LogP contribution in [0.5, 0.6) is 5.88 Å². The molecule has 2 fully saturated rings. The quantitative estimate of drug-likeness (QED) is 0.776. The van der Waals surface area contributed by atoms with Crippen molar-refractivity contribution in [2.24, 2.45) is 0 Å². The molecule has 1 aromatic heterocycles. The van der Waals surface area contributed by atoms with Crippen molar-refractivity contribution in [3.63, 3.8) is 0 Å². The van der Waals surface area contributed by atoms with Crippen molar-refractivity contribution in [1.29, 1.82) is 0 Å². The van der Waals surface area contributed by atoms with Gasteiger partial charge in [0.25, 0.3) is 0 Å². The Kier molecular flexibility index (Phi) is 5.01. The fourth-order valence-corrected chi connectivity index (χ4v) is 2.91. The third-order valence-electron chi connectivity index (χ3n) is 5.08. The van der Waals surface area contributed by atoms with Gasteiger partial charge in [0.15, 0.2) is 0 Å². The van der Waals surface area contributed by atoms with Gasteiger partial charge in [-0.25, -0.2) is 4.98 Å². The van der Waals surface area contributed by atoms with E-state index in [0.29, 0.717) is 19.1 Å². The van der Waals surface area contributed by atoms with Crippen molar-refractivity contribution in [1.82, 2.24) is 4.98 Å². The molecule has 3 rings (SSSR count). The van der Waals surface area contributed by atoms with E-state index in [1.807, 2.05) is 13.8 Å². The molecule has 138 valence electrons. The van der Waals surface area contributed by atoms with Crippen LogP contribution in [0.2, 0.25) is 0 Å². The average Bonchev–Trinajstić information content (AvgIpc) is 2.76. The molecule has 0 aliphatic carbocycles. The summed E-state index contributed by atoms with van der Waals surface area (Å²) in [5.41, 5.74) is 1.15. The summed E-state index contributed by atoms with van der Waals surface area (Å²) in [5, 5.41) is 0. The van der Waals surface area contributed by atoms with Crippen LogP contribution in [0.15, 0.2) is 12.3 Å². The van der Waals surface area contributed by atoms with Crippen LogP contribution < -0.4 is 15.1 Å². The van der Waals surface area contributed by atoms with Crippen molar-refractivity contribution in [2.45, 2.75) is 58.8 Å². The lowest BCUT2D eigenvalue weighted by Gasteiger charge is -2.32. The summed E-state index contributed by atoms with van der Waals surface area (Å²) < 4.78 is 23.7. The SMILES string of the molecule is CC(C)Oc1ncc(B2OC(C)(C)C(C)(C)O2)cc1N1CCOCC1. The van der Waals surface area contributed by atoms with Crippen LogP contribution >= 0.6 is 0 Å². The van der Waals surface area contributed by atoms with Crippen LogP contribution in [0.3, 0.4) is 0 Å². The molecule has 1 aromatic rings. The first-order valence-electron chi connectivity index (χ1n) is 9.04. The number of hydrogen-bond donors (Lipinski definition) is 0. The number of ether oxygens (including phenoxy) is 2. The minimum Gasteiger partial charge on any atom is -0.473 e. The average molecular weight is 348 g/mol. The van der Waals surface area contributed by atoms with Crippen molar-refractivity contribution in [2.75, 3.05) is 31.2 Å². The van der Waals surface area contributed by atoms with E-state index in [0.717, 1.165) is 24.2 Å². The fraction of sp³-hybridized carbons (Fsp3) is 0.722. The van der Waals surface area contributed by atoms with Crippen LogP contribution in [0.25, 0.3) is 0 Å². The van der Waals surface area contributed by atoms with Gasteiger partial charge in [0.1, 0.15) is 0 Å². The number of rotatable bonds is 4. The molecule has 0 spiro atoms. The van der Waals surface area contributed by atoms with E-state index in [1.165, 1.54) is 0 Å². The summed E-state index contributed by atoms with van der Waals surface area (Å²) in [5.74, 6) is 0.650. The van der Waals surface area contributed by atoms with E-state index in [9.17, 15) is 0 Å². The summed E-state index contributed by atoms with van der Waals surface area (Å²) >= 11 is 0. The molecular weight excluding hydrogens is 319 g/mol. The standard InChI is InChI=1S/C18H29BN2O4/c1-13(2)23-16-15(21-7-9-22-10-8-21)11-14(12-20-16)19-24-17(3,4)18(5,6)25-19/h11-13H,7-10H2,1-6H3. The molecule has 0 radical (unpaired) electrons. The zero-order chi connectivity index (χ0) is 18.2. The zero-order valence-electron chi connectivity index (χ0n) is 16.2. The van der Waals surface area contributed by atoms with Gasteiger partial charge in [-0.15, -0.1) is 0 Å². The highest BCUT2D eigenvalue weighted by Crippen LogP contribution is 2.37. The van der Waals surface area contributed by atoms with Crippen LogP contribution in [0.4, 0.5) is 5.69 Å². The number of anilines is 1. The van der Waals surface area contributed by atoms with E-state index in [1.54, 1.807) is 6.20 Å². The van der Waals surface area contributed by atoms with Gasteiger partial charge >= 0.3 is 7.12 Å². The predicted octanol–water partition coefficient (Wildman–Crippen LogP) is 2.00. The second-order valence-corrected chi connectivity index (χ2v) is 7.95. The number of nitrogens with zero attached hydrogens (tertiary/aromatic N) is 2. The molecule has 0 bridgehead atoms. The first kappa shape index (κ1) is 18.5. The van der Waals surface area contributed by atoms with E-state index in [2.05, 4.69) is 43.6 Å². The summed E-state index contributed by atoms with van der Waals surface area (Å²) in [7, 11) is -0.426. The van der Waals surface area contributed by atoms with Gasteiger partial charge in [0.2, 0.25) is 5.88 Å². The minimum absolute atomic E-state index is 0.0648. The highest BCUT2D eigenvalue weighted by atomic mass is 16.7.